The van der Waals surface area contributed by atoms with Crippen LogP contribution in [0, 0.1) is 0 Å². The van der Waals surface area contributed by atoms with Gasteiger partial charge in [-0.2, -0.15) is 0 Å². The Morgan fingerprint density at radius 2 is 2.11 bits per heavy atom. The summed E-state index contributed by atoms with van der Waals surface area (Å²) in [5.74, 6) is 0. The number of anilines is 1. The third-order valence-corrected chi connectivity index (χ3v) is 3.95. The minimum atomic E-state index is -0.114. The number of benzene rings is 1. The number of hydrogen-bond acceptors (Lipinski definition) is 2. The van der Waals surface area contributed by atoms with Crippen LogP contribution in [0.1, 0.15) is 44.7 Å². The van der Waals surface area contributed by atoms with Crippen molar-refractivity contribution in [3.05, 3.63) is 29.8 Å². The summed E-state index contributed by atoms with van der Waals surface area (Å²) >= 11 is 0. The molecule has 4 heteroatoms. The van der Waals surface area contributed by atoms with Crippen molar-refractivity contribution in [1.82, 2.24) is 10.6 Å². The van der Waals surface area contributed by atoms with Crippen LogP contribution in [0.15, 0.2) is 24.3 Å². The molecule has 0 saturated heterocycles. The first-order chi connectivity index (χ1) is 9.02. The Kier molecular flexibility index (Phi) is 4.10. The molecule has 1 unspecified atom stereocenters. The third-order valence-electron chi connectivity index (χ3n) is 3.95. The highest BCUT2D eigenvalue weighted by Gasteiger charge is 2.33. The quantitative estimate of drug-likeness (QED) is 0.780. The Morgan fingerprint density at radius 3 is 2.68 bits per heavy atom. The van der Waals surface area contributed by atoms with Crippen LogP contribution in [0.2, 0.25) is 0 Å². The van der Waals surface area contributed by atoms with E-state index >= 15 is 0 Å². The molecule has 0 bridgehead atoms. The Labute approximate surface area is 115 Å². The molecule has 3 N–H and O–H groups in total. The van der Waals surface area contributed by atoms with Crippen molar-refractivity contribution < 1.29 is 4.79 Å². The van der Waals surface area contributed by atoms with E-state index in [2.05, 4.69) is 35.9 Å². The Hall–Kier alpha value is -1.55. The van der Waals surface area contributed by atoms with Crippen LogP contribution in [-0.2, 0) is 0 Å². The molecule has 1 aromatic rings. The van der Waals surface area contributed by atoms with Crippen molar-refractivity contribution in [2.45, 2.75) is 44.7 Å². The predicted molar refractivity (Wildman–Crippen MR) is 78.3 cm³/mol. The SMILES string of the molecule is CNC(C)c1cccc(NC(=O)NC2(C)CCC2)c1. The summed E-state index contributed by atoms with van der Waals surface area (Å²) < 4.78 is 0. The monoisotopic (exact) mass is 261 g/mol. The van der Waals surface area contributed by atoms with E-state index in [1.165, 1.54) is 6.42 Å². The van der Waals surface area contributed by atoms with E-state index in [4.69, 9.17) is 0 Å². The average Bonchev–Trinajstić information content (AvgIpc) is 2.36. The van der Waals surface area contributed by atoms with Gasteiger partial charge in [-0.05, 0) is 57.9 Å². The van der Waals surface area contributed by atoms with Gasteiger partial charge in [-0.1, -0.05) is 12.1 Å². The first-order valence-electron chi connectivity index (χ1n) is 6.89. The zero-order valence-corrected chi connectivity index (χ0v) is 11.9. The fourth-order valence-electron chi connectivity index (χ4n) is 2.32. The van der Waals surface area contributed by atoms with Crippen molar-refractivity contribution in [3.8, 4) is 0 Å². The normalized spacial score (nSPS) is 18.3. The van der Waals surface area contributed by atoms with Crippen LogP contribution in [0.3, 0.4) is 0 Å². The van der Waals surface area contributed by atoms with Gasteiger partial charge in [-0.25, -0.2) is 4.79 Å². The summed E-state index contributed by atoms with van der Waals surface area (Å²) in [4.78, 5) is 11.9. The van der Waals surface area contributed by atoms with E-state index in [9.17, 15) is 4.79 Å². The number of carbonyl (C=O) groups excluding carboxylic acids is 1. The number of nitrogens with one attached hydrogen (secondary N) is 3. The van der Waals surface area contributed by atoms with Crippen LogP contribution in [0.5, 0.6) is 0 Å². The molecule has 19 heavy (non-hydrogen) atoms. The number of amides is 2. The van der Waals surface area contributed by atoms with Crippen LogP contribution >= 0.6 is 0 Å². The number of rotatable bonds is 4. The molecule has 0 aliphatic heterocycles. The summed E-state index contributed by atoms with van der Waals surface area (Å²) in [6.07, 6.45) is 3.33. The second-order valence-corrected chi connectivity index (χ2v) is 5.63. The van der Waals surface area contributed by atoms with Gasteiger partial charge in [0, 0.05) is 17.3 Å². The molecule has 1 aliphatic rings. The molecule has 1 aromatic carbocycles. The lowest BCUT2D eigenvalue weighted by molar-refractivity contribution is 0.200. The Bertz CT molecular complexity index is 454. The standard InChI is InChI=1S/C15H23N3O/c1-11(16-3)12-6-4-7-13(10-12)17-14(19)18-15(2)8-5-9-15/h4,6-7,10-11,16H,5,8-9H2,1-3H3,(H2,17,18,19). The van der Waals surface area contributed by atoms with Crippen molar-refractivity contribution >= 4 is 11.7 Å². The van der Waals surface area contributed by atoms with Crippen molar-refractivity contribution in [2.75, 3.05) is 12.4 Å². The maximum atomic E-state index is 11.9. The summed E-state index contributed by atoms with van der Waals surface area (Å²) in [5.41, 5.74) is 1.98. The third kappa shape index (κ3) is 3.47. The average molecular weight is 261 g/mol. The minimum Gasteiger partial charge on any atom is -0.333 e. The van der Waals surface area contributed by atoms with Crippen molar-refractivity contribution in [3.63, 3.8) is 0 Å². The van der Waals surface area contributed by atoms with Crippen LogP contribution in [-0.4, -0.2) is 18.6 Å². The largest absolute Gasteiger partial charge is 0.333 e. The first kappa shape index (κ1) is 13.9. The summed E-state index contributed by atoms with van der Waals surface area (Å²) in [5, 5.41) is 9.14. The van der Waals surface area contributed by atoms with E-state index in [1.807, 2.05) is 25.2 Å². The molecule has 0 spiro atoms. The first-order valence-corrected chi connectivity index (χ1v) is 6.89. The minimum absolute atomic E-state index is 0.0139. The van der Waals surface area contributed by atoms with Gasteiger partial charge in [0.1, 0.15) is 0 Å². The second-order valence-electron chi connectivity index (χ2n) is 5.63. The zero-order valence-electron chi connectivity index (χ0n) is 11.9. The van der Waals surface area contributed by atoms with Gasteiger partial charge in [0.05, 0.1) is 0 Å². The molecule has 1 saturated carbocycles. The van der Waals surface area contributed by atoms with E-state index < -0.39 is 0 Å². The lowest BCUT2D eigenvalue weighted by Crippen LogP contribution is -2.52. The molecular weight excluding hydrogens is 238 g/mol. The van der Waals surface area contributed by atoms with Crippen LogP contribution < -0.4 is 16.0 Å². The second kappa shape index (κ2) is 5.61. The molecule has 0 aromatic heterocycles. The fraction of sp³-hybridized carbons (Fsp3) is 0.533. The van der Waals surface area contributed by atoms with Crippen LogP contribution in [0.25, 0.3) is 0 Å². The Balaban J connectivity index is 1.96. The smallest absolute Gasteiger partial charge is 0.319 e. The van der Waals surface area contributed by atoms with Gasteiger partial charge < -0.3 is 16.0 Å². The number of urea groups is 1. The Morgan fingerprint density at radius 1 is 1.37 bits per heavy atom. The van der Waals surface area contributed by atoms with E-state index in [0.29, 0.717) is 0 Å². The van der Waals surface area contributed by atoms with Crippen molar-refractivity contribution in [1.29, 1.82) is 0 Å². The maximum Gasteiger partial charge on any atom is 0.319 e. The molecule has 0 radical (unpaired) electrons. The maximum absolute atomic E-state index is 11.9. The molecule has 2 amide bonds. The van der Waals surface area contributed by atoms with Crippen molar-refractivity contribution in [2.24, 2.45) is 0 Å². The number of carbonyl (C=O) groups is 1. The van der Waals surface area contributed by atoms with Gasteiger partial charge >= 0.3 is 6.03 Å². The molecule has 1 aliphatic carbocycles. The molecule has 2 rings (SSSR count). The highest BCUT2D eigenvalue weighted by atomic mass is 16.2. The fourth-order valence-corrected chi connectivity index (χ4v) is 2.32. The van der Waals surface area contributed by atoms with Gasteiger partial charge in [0.15, 0.2) is 0 Å². The summed E-state index contributed by atoms with van der Waals surface area (Å²) in [7, 11) is 1.93. The van der Waals surface area contributed by atoms with E-state index in [1.54, 1.807) is 0 Å². The molecule has 104 valence electrons. The van der Waals surface area contributed by atoms with Crippen LogP contribution in [0.4, 0.5) is 10.5 Å². The van der Waals surface area contributed by atoms with E-state index in [-0.39, 0.29) is 17.6 Å². The van der Waals surface area contributed by atoms with Gasteiger partial charge in [-0.3, -0.25) is 0 Å². The summed E-state index contributed by atoms with van der Waals surface area (Å²) in [6.45, 7) is 4.18. The molecule has 0 heterocycles. The number of hydrogen-bond donors (Lipinski definition) is 3. The molecular formula is C15H23N3O. The zero-order chi connectivity index (χ0) is 13.9. The van der Waals surface area contributed by atoms with Gasteiger partial charge in [-0.15, -0.1) is 0 Å². The lowest BCUT2D eigenvalue weighted by atomic mass is 9.79. The predicted octanol–water partition coefficient (Wildman–Crippen LogP) is 3.03. The highest BCUT2D eigenvalue weighted by Crippen LogP contribution is 2.30. The van der Waals surface area contributed by atoms with Gasteiger partial charge in [0.25, 0.3) is 0 Å². The molecule has 1 fully saturated rings. The summed E-state index contributed by atoms with van der Waals surface area (Å²) in [6, 6.07) is 8.09. The topological polar surface area (TPSA) is 53.2 Å². The highest BCUT2D eigenvalue weighted by molar-refractivity contribution is 5.89. The molecule has 4 nitrogen and oxygen atoms in total. The molecule has 1 atom stereocenters. The van der Waals surface area contributed by atoms with E-state index in [0.717, 1.165) is 24.1 Å². The lowest BCUT2D eigenvalue weighted by Gasteiger charge is -2.39. The van der Waals surface area contributed by atoms with Gasteiger partial charge in [0.2, 0.25) is 0 Å².